The van der Waals surface area contributed by atoms with E-state index in [9.17, 15) is 4.79 Å². The van der Waals surface area contributed by atoms with Gasteiger partial charge >= 0.3 is 5.97 Å². The molecule has 0 aliphatic carbocycles. The van der Waals surface area contributed by atoms with Crippen LogP contribution in [-0.4, -0.2) is 18.2 Å². The van der Waals surface area contributed by atoms with Crippen molar-refractivity contribution in [1.82, 2.24) is 5.32 Å². The normalized spacial score (nSPS) is 10.6. The van der Waals surface area contributed by atoms with Crippen LogP contribution < -0.4 is 14.8 Å². The van der Waals surface area contributed by atoms with Gasteiger partial charge in [0.2, 0.25) is 0 Å². The quantitative estimate of drug-likeness (QED) is 0.523. The molecule has 3 aromatic carbocycles. The maximum absolute atomic E-state index is 10.9. The van der Waals surface area contributed by atoms with Gasteiger partial charge in [0.25, 0.3) is 0 Å². The van der Waals surface area contributed by atoms with Crippen LogP contribution in [0.15, 0.2) is 66.7 Å². The summed E-state index contributed by atoms with van der Waals surface area (Å²) >= 11 is 6.01. The monoisotopic (exact) mass is 411 g/mol. The Morgan fingerprint density at radius 1 is 0.931 bits per heavy atom. The van der Waals surface area contributed by atoms with Gasteiger partial charge < -0.3 is 19.9 Å². The number of hydrogen-bond acceptors (Lipinski definition) is 4. The maximum Gasteiger partial charge on any atom is 0.335 e. The highest BCUT2D eigenvalue weighted by Gasteiger charge is 2.07. The summed E-state index contributed by atoms with van der Waals surface area (Å²) in [6, 6.07) is 20.2. The lowest BCUT2D eigenvalue weighted by Gasteiger charge is -2.13. The average Bonchev–Trinajstić information content (AvgIpc) is 2.73. The summed E-state index contributed by atoms with van der Waals surface area (Å²) in [6.45, 7) is 1.68. The molecule has 0 atom stereocenters. The number of carbonyl (C=O) groups is 1. The number of benzene rings is 3. The molecule has 0 aliphatic heterocycles. The average molecular weight is 412 g/mol. The van der Waals surface area contributed by atoms with Crippen molar-refractivity contribution in [2.75, 3.05) is 7.11 Å². The first-order valence-corrected chi connectivity index (χ1v) is 9.50. The Balaban J connectivity index is 1.56. The first-order valence-electron chi connectivity index (χ1n) is 9.12. The highest BCUT2D eigenvalue weighted by atomic mass is 35.5. The van der Waals surface area contributed by atoms with Crippen LogP contribution in [-0.2, 0) is 19.7 Å². The topological polar surface area (TPSA) is 67.8 Å². The minimum absolute atomic E-state index is 0.284. The van der Waals surface area contributed by atoms with Gasteiger partial charge in [-0.15, -0.1) is 0 Å². The molecule has 0 heterocycles. The standard InChI is InChI=1S/C23H22ClNO4/c1-28-22-12-17(14-25-13-16-5-8-19(9-6-16)23(26)27)7-10-21(22)29-15-18-3-2-4-20(24)11-18/h2-12,25H,13-15H2,1H3,(H,26,27). The molecule has 3 rings (SSSR count). The largest absolute Gasteiger partial charge is 0.493 e. The smallest absolute Gasteiger partial charge is 0.335 e. The van der Waals surface area contributed by atoms with Crippen molar-refractivity contribution < 1.29 is 19.4 Å². The lowest BCUT2D eigenvalue weighted by molar-refractivity contribution is 0.0697. The van der Waals surface area contributed by atoms with Gasteiger partial charge in [0, 0.05) is 18.1 Å². The van der Waals surface area contributed by atoms with Crippen LogP contribution in [0, 0.1) is 0 Å². The van der Waals surface area contributed by atoms with Crippen LogP contribution in [0.4, 0.5) is 0 Å². The Kier molecular flexibility index (Phi) is 7.11. The second kappa shape index (κ2) is 9.96. The van der Waals surface area contributed by atoms with Crippen LogP contribution >= 0.6 is 11.6 Å². The Morgan fingerprint density at radius 2 is 1.66 bits per heavy atom. The van der Waals surface area contributed by atoms with Crippen LogP contribution in [0.3, 0.4) is 0 Å². The van der Waals surface area contributed by atoms with E-state index >= 15 is 0 Å². The summed E-state index contributed by atoms with van der Waals surface area (Å²) in [5.74, 6) is 0.409. The molecule has 0 aromatic heterocycles. The second-order valence-electron chi connectivity index (χ2n) is 6.51. The molecule has 0 saturated carbocycles. The number of aromatic carboxylic acids is 1. The molecule has 0 saturated heterocycles. The summed E-state index contributed by atoms with van der Waals surface area (Å²) in [7, 11) is 1.61. The third-order valence-electron chi connectivity index (χ3n) is 4.37. The van der Waals surface area contributed by atoms with E-state index in [1.807, 2.05) is 54.6 Å². The van der Waals surface area contributed by atoms with Crippen molar-refractivity contribution in [2.45, 2.75) is 19.7 Å². The first-order chi connectivity index (χ1) is 14.0. The molecule has 0 spiro atoms. The predicted molar refractivity (Wildman–Crippen MR) is 113 cm³/mol. The summed E-state index contributed by atoms with van der Waals surface area (Å²) in [4.78, 5) is 10.9. The number of hydrogen-bond donors (Lipinski definition) is 2. The number of methoxy groups -OCH3 is 1. The van der Waals surface area contributed by atoms with Gasteiger partial charge in [-0.3, -0.25) is 0 Å². The molecule has 0 unspecified atom stereocenters. The van der Waals surface area contributed by atoms with Crippen molar-refractivity contribution in [2.24, 2.45) is 0 Å². The number of carboxylic acids is 1. The van der Waals surface area contributed by atoms with Crippen LogP contribution in [0.5, 0.6) is 11.5 Å². The van der Waals surface area contributed by atoms with Gasteiger partial charge in [0.15, 0.2) is 11.5 Å². The zero-order chi connectivity index (χ0) is 20.6. The molecule has 0 aliphatic rings. The van der Waals surface area contributed by atoms with Crippen molar-refractivity contribution in [3.8, 4) is 11.5 Å². The molecular weight excluding hydrogens is 390 g/mol. The van der Waals surface area contributed by atoms with Gasteiger partial charge in [-0.1, -0.05) is 41.9 Å². The number of rotatable bonds is 9. The lowest BCUT2D eigenvalue weighted by Crippen LogP contribution is -2.13. The molecular formula is C23H22ClNO4. The Morgan fingerprint density at radius 3 is 2.34 bits per heavy atom. The van der Waals surface area contributed by atoms with E-state index in [1.165, 1.54) is 0 Å². The van der Waals surface area contributed by atoms with Crippen LogP contribution in [0.25, 0.3) is 0 Å². The molecule has 0 bridgehead atoms. The zero-order valence-corrected chi connectivity index (χ0v) is 16.8. The van der Waals surface area contributed by atoms with Crippen molar-refractivity contribution in [3.63, 3.8) is 0 Å². The molecule has 6 heteroatoms. The number of nitrogens with one attached hydrogen (secondary N) is 1. The van der Waals surface area contributed by atoms with E-state index in [0.717, 1.165) is 16.7 Å². The Labute approximate surface area is 174 Å². The van der Waals surface area contributed by atoms with Gasteiger partial charge in [-0.25, -0.2) is 4.79 Å². The maximum atomic E-state index is 10.9. The number of carboxylic acid groups (broad SMARTS) is 1. The summed E-state index contributed by atoms with van der Waals surface area (Å²) < 4.78 is 11.3. The van der Waals surface area contributed by atoms with Crippen LogP contribution in [0.2, 0.25) is 5.02 Å². The third kappa shape index (κ3) is 5.98. The van der Waals surface area contributed by atoms with E-state index in [4.69, 9.17) is 26.2 Å². The van der Waals surface area contributed by atoms with Gasteiger partial charge in [-0.2, -0.15) is 0 Å². The summed E-state index contributed by atoms with van der Waals surface area (Å²) in [6.07, 6.45) is 0. The third-order valence-corrected chi connectivity index (χ3v) is 4.61. The fraction of sp³-hybridized carbons (Fsp3) is 0.174. The lowest BCUT2D eigenvalue weighted by atomic mass is 10.1. The summed E-state index contributed by atoms with van der Waals surface area (Å²) in [5, 5.41) is 13.0. The molecule has 29 heavy (non-hydrogen) atoms. The van der Waals surface area contributed by atoms with Crippen molar-refractivity contribution in [1.29, 1.82) is 0 Å². The SMILES string of the molecule is COc1cc(CNCc2ccc(C(=O)O)cc2)ccc1OCc1cccc(Cl)c1. The van der Waals surface area contributed by atoms with Gasteiger partial charge in [-0.05, 0) is 53.1 Å². The van der Waals surface area contributed by atoms with Gasteiger partial charge in [0.1, 0.15) is 6.61 Å². The van der Waals surface area contributed by atoms with E-state index < -0.39 is 5.97 Å². The minimum Gasteiger partial charge on any atom is -0.493 e. The molecule has 0 fully saturated rings. The highest BCUT2D eigenvalue weighted by molar-refractivity contribution is 6.30. The van der Waals surface area contributed by atoms with Crippen molar-refractivity contribution in [3.05, 3.63) is 94.0 Å². The zero-order valence-electron chi connectivity index (χ0n) is 16.0. The van der Waals surface area contributed by atoms with Crippen molar-refractivity contribution >= 4 is 17.6 Å². The summed E-state index contributed by atoms with van der Waals surface area (Å²) in [5.41, 5.74) is 3.34. The number of halogens is 1. The first kappa shape index (κ1) is 20.7. The number of ether oxygens (including phenoxy) is 2. The van der Waals surface area contributed by atoms with Crippen LogP contribution in [0.1, 0.15) is 27.0 Å². The minimum atomic E-state index is -0.922. The fourth-order valence-electron chi connectivity index (χ4n) is 2.85. The molecule has 2 N–H and O–H groups in total. The molecule has 3 aromatic rings. The molecule has 0 amide bonds. The molecule has 5 nitrogen and oxygen atoms in total. The fourth-order valence-corrected chi connectivity index (χ4v) is 3.06. The Hall–Kier alpha value is -3.02. The Bertz CT molecular complexity index is 973. The predicted octanol–water partition coefficient (Wildman–Crippen LogP) is 4.92. The highest BCUT2D eigenvalue weighted by Crippen LogP contribution is 2.29. The van der Waals surface area contributed by atoms with E-state index in [1.54, 1.807) is 19.2 Å². The molecule has 150 valence electrons. The van der Waals surface area contributed by atoms with E-state index in [-0.39, 0.29) is 5.56 Å². The van der Waals surface area contributed by atoms with E-state index in [0.29, 0.717) is 36.2 Å². The van der Waals surface area contributed by atoms with Gasteiger partial charge in [0.05, 0.1) is 12.7 Å². The second-order valence-corrected chi connectivity index (χ2v) is 6.95. The van der Waals surface area contributed by atoms with E-state index in [2.05, 4.69) is 5.32 Å². The molecule has 0 radical (unpaired) electrons.